The van der Waals surface area contributed by atoms with E-state index in [1.165, 1.54) is 4.90 Å². The van der Waals surface area contributed by atoms with Crippen molar-refractivity contribution in [2.75, 3.05) is 13.1 Å². The first-order valence-corrected chi connectivity index (χ1v) is 5.08. The molecule has 2 N–H and O–H groups in total. The van der Waals surface area contributed by atoms with Crippen molar-refractivity contribution >= 4 is 11.9 Å². The zero-order chi connectivity index (χ0) is 12.6. The average Bonchev–Trinajstić information content (AvgIpc) is 2.20. The zero-order valence-corrected chi connectivity index (χ0v) is 9.22. The summed E-state index contributed by atoms with van der Waals surface area (Å²) in [4.78, 5) is 22.7. The summed E-state index contributed by atoms with van der Waals surface area (Å²) in [6, 6.07) is 1.08. The van der Waals surface area contributed by atoms with Gasteiger partial charge in [0.15, 0.2) is 0 Å². The van der Waals surface area contributed by atoms with E-state index < -0.39 is 18.0 Å². The van der Waals surface area contributed by atoms with Crippen LogP contribution in [0.3, 0.4) is 0 Å². The van der Waals surface area contributed by atoms with Crippen molar-refractivity contribution in [3.8, 4) is 6.07 Å². The Morgan fingerprint density at radius 1 is 1.44 bits per heavy atom. The number of carbonyl (C=O) groups is 2. The molecular formula is C10H16N2O4. The number of carboxylic acids is 2. The van der Waals surface area contributed by atoms with Crippen LogP contribution in [0.15, 0.2) is 0 Å². The molecule has 0 amide bonds. The molecule has 0 aromatic rings. The van der Waals surface area contributed by atoms with Crippen molar-refractivity contribution < 1.29 is 19.8 Å². The third kappa shape index (κ3) is 5.32. The zero-order valence-electron chi connectivity index (χ0n) is 9.22. The molecule has 0 aromatic heterocycles. The Kier molecular flexibility index (Phi) is 6.88. The van der Waals surface area contributed by atoms with Gasteiger partial charge in [0.05, 0.1) is 19.0 Å². The van der Waals surface area contributed by atoms with Gasteiger partial charge in [-0.15, -0.1) is 0 Å². The van der Waals surface area contributed by atoms with Crippen molar-refractivity contribution in [2.24, 2.45) is 0 Å². The molecule has 0 heterocycles. The highest BCUT2D eigenvalue weighted by Crippen LogP contribution is 2.08. The van der Waals surface area contributed by atoms with Gasteiger partial charge in [-0.05, 0) is 6.42 Å². The topological polar surface area (TPSA) is 102 Å². The van der Waals surface area contributed by atoms with E-state index in [-0.39, 0.29) is 19.5 Å². The molecule has 0 aliphatic carbocycles. The van der Waals surface area contributed by atoms with Gasteiger partial charge in [0, 0.05) is 6.54 Å². The average molecular weight is 228 g/mol. The number of nitriles is 1. The monoisotopic (exact) mass is 228 g/mol. The van der Waals surface area contributed by atoms with Crippen LogP contribution in [0.2, 0.25) is 0 Å². The second kappa shape index (κ2) is 7.65. The summed E-state index contributed by atoms with van der Waals surface area (Å²) < 4.78 is 0. The van der Waals surface area contributed by atoms with Crippen LogP contribution in [-0.4, -0.2) is 46.2 Å². The molecule has 0 bridgehead atoms. The van der Waals surface area contributed by atoms with Crippen LogP contribution in [-0.2, 0) is 9.59 Å². The second-order valence-corrected chi connectivity index (χ2v) is 3.42. The molecule has 1 atom stereocenters. The summed E-state index contributed by atoms with van der Waals surface area (Å²) in [6.07, 6.45) is 0.928. The highest BCUT2D eigenvalue weighted by Gasteiger charge is 2.24. The maximum Gasteiger partial charge on any atom is 0.320 e. The molecule has 0 aliphatic heterocycles. The Morgan fingerprint density at radius 2 is 2.06 bits per heavy atom. The minimum atomic E-state index is -1.01. The Bertz CT molecular complexity index is 285. The molecule has 90 valence electrons. The lowest BCUT2D eigenvalue weighted by Gasteiger charge is -2.25. The molecule has 0 spiro atoms. The fourth-order valence-corrected chi connectivity index (χ4v) is 1.41. The van der Waals surface area contributed by atoms with Crippen LogP contribution in [0.1, 0.15) is 26.2 Å². The molecule has 6 nitrogen and oxygen atoms in total. The van der Waals surface area contributed by atoms with Crippen LogP contribution in [0.4, 0.5) is 0 Å². The van der Waals surface area contributed by atoms with E-state index in [0.717, 1.165) is 0 Å². The van der Waals surface area contributed by atoms with Crippen LogP contribution in [0.5, 0.6) is 0 Å². The Labute approximate surface area is 94.1 Å². The minimum absolute atomic E-state index is 0.0652. The molecule has 6 heteroatoms. The Balaban J connectivity index is 4.50. The summed E-state index contributed by atoms with van der Waals surface area (Å²) in [7, 11) is 0. The van der Waals surface area contributed by atoms with Gasteiger partial charge in [-0.3, -0.25) is 14.5 Å². The lowest BCUT2D eigenvalue weighted by Crippen LogP contribution is -2.42. The summed E-state index contributed by atoms with van der Waals surface area (Å²) in [5.74, 6) is -2.01. The number of nitrogens with zero attached hydrogens (tertiary/aromatic N) is 2. The number of hydrogen-bond acceptors (Lipinski definition) is 4. The summed E-state index contributed by atoms with van der Waals surface area (Å²) in [6.45, 7) is 1.86. The van der Waals surface area contributed by atoms with Gasteiger partial charge in [0.2, 0.25) is 0 Å². The molecular weight excluding hydrogens is 212 g/mol. The highest BCUT2D eigenvalue weighted by atomic mass is 16.4. The van der Waals surface area contributed by atoms with E-state index in [0.29, 0.717) is 12.8 Å². The predicted octanol–water partition coefficient (Wildman–Crippen LogP) is 0.540. The van der Waals surface area contributed by atoms with Gasteiger partial charge in [0.1, 0.15) is 6.04 Å². The van der Waals surface area contributed by atoms with Crippen molar-refractivity contribution in [1.82, 2.24) is 4.90 Å². The van der Waals surface area contributed by atoms with Crippen molar-refractivity contribution in [1.29, 1.82) is 5.26 Å². The molecule has 1 unspecified atom stereocenters. The first-order chi connectivity index (χ1) is 7.52. The SMILES string of the molecule is CCCC(C(=O)O)N(CC#N)CCC(=O)O. The largest absolute Gasteiger partial charge is 0.481 e. The summed E-state index contributed by atoms with van der Waals surface area (Å²) >= 11 is 0. The number of aliphatic carboxylic acids is 2. The fraction of sp³-hybridized carbons (Fsp3) is 0.700. The van der Waals surface area contributed by atoms with Crippen molar-refractivity contribution in [3.05, 3.63) is 0 Å². The number of rotatable bonds is 8. The van der Waals surface area contributed by atoms with Crippen LogP contribution in [0, 0.1) is 11.3 Å². The summed E-state index contributed by atoms with van der Waals surface area (Å²) in [5, 5.41) is 26.1. The Morgan fingerprint density at radius 3 is 2.44 bits per heavy atom. The van der Waals surface area contributed by atoms with Crippen molar-refractivity contribution in [2.45, 2.75) is 32.2 Å². The molecule has 0 fully saturated rings. The van der Waals surface area contributed by atoms with Gasteiger partial charge in [-0.2, -0.15) is 5.26 Å². The van der Waals surface area contributed by atoms with Gasteiger partial charge in [0.25, 0.3) is 0 Å². The van der Waals surface area contributed by atoms with E-state index in [9.17, 15) is 9.59 Å². The predicted molar refractivity (Wildman–Crippen MR) is 55.8 cm³/mol. The first kappa shape index (κ1) is 14.4. The van der Waals surface area contributed by atoms with E-state index in [1.807, 2.05) is 13.0 Å². The molecule has 0 aliphatic rings. The van der Waals surface area contributed by atoms with Gasteiger partial charge >= 0.3 is 11.9 Å². The van der Waals surface area contributed by atoms with E-state index in [4.69, 9.17) is 15.5 Å². The molecule has 0 radical (unpaired) electrons. The molecule has 0 aromatic carbocycles. The second-order valence-electron chi connectivity index (χ2n) is 3.42. The molecule has 0 saturated carbocycles. The smallest absolute Gasteiger partial charge is 0.320 e. The molecule has 16 heavy (non-hydrogen) atoms. The Hall–Kier alpha value is -1.61. The van der Waals surface area contributed by atoms with E-state index in [1.54, 1.807) is 0 Å². The van der Waals surface area contributed by atoms with Gasteiger partial charge in [-0.1, -0.05) is 13.3 Å². The van der Waals surface area contributed by atoms with Gasteiger partial charge < -0.3 is 10.2 Å². The molecule has 0 saturated heterocycles. The van der Waals surface area contributed by atoms with Crippen LogP contribution < -0.4 is 0 Å². The van der Waals surface area contributed by atoms with E-state index >= 15 is 0 Å². The minimum Gasteiger partial charge on any atom is -0.481 e. The van der Waals surface area contributed by atoms with Crippen LogP contribution >= 0.6 is 0 Å². The number of carboxylic acid groups (broad SMARTS) is 2. The lowest BCUT2D eigenvalue weighted by molar-refractivity contribution is -0.145. The lowest BCUT2D eigenvalue weighted by atomic mass is 10.1. The maximum absolute atomic E-state index is 11.0. The normalized spacial score (nSPS) is 12.1. The fourth-order valence-electron chi connectivity index (χ4n) is 1.41. The van der Waals surface area contributed by atoms with E-state index in [2.05, 4.69) is 0 Å². The standard InChI is InChI=1S/C10H16N2O4/c1-2-3-8(10(15)16)12(7-5-11)6-4-9(13)14/h8H,2-4,6-7H2,1H3,(H,13,14)(H,15,16). The van der Waals surface area contributed by atoms with Crippen LogP contribution in [0.25, 0.3) is 0 Å². The number of hydrogen-bond donors (Lipinski definition) is 2. The maximum atomic E-state index is 11.0. The third-order valence-electron chi connectivity index (χ3n) is 2.17. The first-order valence-electron chi connectivity index (χ1n) is 5.08. The quantitative estimate of drug-likeness (QED) is 0.588. The summed E-state index contributed by atoms with van der Waals surface area (Å²) in [5.41, 5.74) is 0. The van der Waals surface area contributed by atoms with Gasteiger partial charge in [-0.25, -0.2) is 0 Å². The highest BCUT2D eigenvalue weighted by molar-refractivity contribution is 5.73. The van der Waals surface area contributed by atoms with Crippen molar-refractivity contribution in [3.63, 3.8) is 0 Å². The molecule has 0 rings (SSSR count). The third-order valence-corrected chi connectivity index (χ3v) is 2.17.